The van der Waals surface area contributed by atoms with Crippen molar-refractivity contribution in [3.05, 3.63) is 12.7 Å². The lowest BCUT2D eigenvalue weighted by atomic mass is 10.3. The Balaban J connectivity index is 3.29. The molecule has 0 aromatic carbocycles. The Morgan fingerprint density at radius 3 is 2.64 bits per heavy atom. The number of nitrogens with one attached hydrogen (secondary N) is 1. The lowest BCUT2D eigenvalue weighted by molar-refractivity contribution is 0.0753. The minimum atomic E-state index is 0.294. The Morgan fingerprint density at radius 2 is 2.18 bits per heavy atom. The van der Waals surface area contributed by atoms with E-state index in [1.165, 1.54) is 0 Å². The largest absolute Gasteiger partial charge is 0.377 e. The van der Waals surface area contributed by atoms with Gasteiger partial charge in [0.2, 0.25) is 0 Å². The summed E-state index contributed by atoms with van der Waals surface area (Å²) < 4.78 is 5.34. The summed E-state index contributed by atoms with van der Waals surface area (Å²) in [7, 11) is 0. The van der Waals surface area contributed by atoms with E-state index in [4.69, 9.17) is 4.74 Å². The zero-order valence-corrected chi connectivity index (χ0v) is 7.76. The standard InChI is InChI=1S/C9H19NO/c1-5-8(3)10-7-9(4)11-6-2/h5,8-10H,1,6-7H2,2-4H3. The average Bonchev–Trinajstić information content (AvgIpc) is 2.01. The Kier molecular flexibility index (Phi) is 6.18. The van der Waals surface area contributed by atoms with Gasteiger partial charge in [-0.3, -0.25) is 0 Å². The molecule has 0 aliphatic carbocycles. The highest BCUT2D eigenvalue weighted by Crippen LogP contribution is 1.89. The summed E-state index contributed by atoms with van der Waals surface area (Å²) in [5.74, 6) is 0. The first kappa shape index (κ1) is 10.7. The molecule has 11 heavy (non-hydrogen) atoms. The molecule has 0 bridgehead atoms. The summed E-state index contributed by atoms with van der Waals surface area (Å²) in [4.78, 5) is 0. The maximum atomic E-state index is 5.34. The summed E-state index contributed by atoms with van der Waals surface area (Å²) >= 11 is 0. The highest BCUT2D eigenvalue weighted by molar-refractivity contribution is 4.81. The average molecular weight is 157 g/mol. The van der Waals surface area contributed by atoms with Gasteiger partial charge in [-0.2, -0.15) is 0 Å². The van der Waals surface area contributed by atoms with Crippen LogP contribution in [0, 0.1) is 0 Å². The molecule has 0 spiro atoms. The Labute approximate surface area is 69.6 Å². The summed E-state index contributed by atoms with van der Waals surface area (Å²) in [6.07, 6.45) is 2.18. The minimum Gasteiger partial charge on any atom is -0.377 e. The molecule has 1 N–H and O–H groups in total. The van der Waals surface area contributed by atoms with Gasteiger partial charge in [0.15, 0.2) is 0 Å². The summed E-state index contributed by atoms with van der Waals surface area (Å²) in [5.41, 5.74) is 0. The van der Waals surface area contributed by atoms with Crippen molar-refractivity contribution in [3.63, 3.8) is 0 Å². The van der Waals surface area contributed by atoms with E-state index in [9.17, 15) is 0 Å². The van der Waals surface area contributed by atoms with Crippen molar-refractivity contribution in [3.8, 4) is 0 Å². The Bertz CT molecular complexity index is 104. The highest BCUT2D eigenvalue weighted by atomic mass is 16.5. The van der Waals surface area contributed by atoms with Gasteiger partial charge in [0.25, 0.3) is 0 Å². The predicted octanol–water partition coefficient (Wildman–Crippen LogP) is 1.58. The zero-order valence-electron chi connectivity index (χ0n) is 7.76. The van der Waals surface area contributed by atoms with Crippen LogP contribution in [-0.2, 0) is 4.74 Å². The molecular formula is C9H19NO. The van der Waals surface area contributed by atoms with Gasteiger partial charge in [-0.15, -0.1) is 6.58 Å². The van der Waals surface area contributed by atoms with Crippen molar-refractivity contribution in [2.75, 3.05) is 13.2 Å². The molecular weight excluding hydrogens is 138 g/mol. The van der Waals surface area contributed by atoms with Crippen LogP contribution < -0.4 is 5.32 Å². The van der Waals surface area contributed by atoms with Crippen LogP contribution in [0.3, 0.4) is 0 Å². The fraction of sp³-hybridized carbons (Fsp3) is 0.778. The smallest absolute Gasteiger partial charge is 0.0671 e. The van der Waals surface area contributed by atoms with E-state index in [2.05, 4.69) is 25.7 Å². The van der Waals surface area contributed by atoms with Crippen molar-refractivity contribution in [1.29, 1.82) is 0 Å². The molecule has 2 atom stereocenters. The molecule has 0 saturated heterocycles. The first-order valence-electron chi connectivity index (χ1n) is 4.18. The van der Waals surface area contributed by atoms with Crippen molar-refractivity contribution in [2.24, 2.45) is 0 Å². The second-order valence-electron chi connectivity index (χ2n) is 2.70. The molecule has 2 nitrogen and oxygen atoms in total. The number of ether oxygens (including phenoxy) is 1. The van der Waals surface area contributed by atoms with Crippen LogP contribution in [0.1, 0.15) is 20.8 Å². The van der Waals surface area contributed by atoms with Gasteiger partial charge in [0.05, 0.1) is 6.10 Å². The van der Waals surface area contributed by atoms with Crippen LogP contribution in [0.5, 0.6) is 0 Å². The van der Waals surface area contributed by atoms with E-state index in [0.717, 1.165) is 13.2 Å². The first-order chi connectivity index (χ1) is 5.20. The summed E-state index contributed by atoms with van der Waals surface area (Å²) in [6.45, 7) is 11.5. The first-order valence-corrected chi connectivity index (χ1v) is 4.18. The maximum Gasteiger partial charge on any atom is 0.0671 e. The van der Waals surface area contributed by atoms with Gasteiger partial charge in [-0.05, 0) is 20.8 Å². The van der Waals surface area contributed by atoms with Gasteiger partial charge >= 0.3 is 0 Å². The third-order valence-corrected chi connectivity index (χ3v) is 1.53. The van der Waals surface area contributed by atoms with Crippen LogP contribution in [0.2, 0.25) is 0 Å². The summed E-state index contributed by atoms with van der Waals surface area (Å²) in [6, 6.07) is 0.373. The van der Waals surface area contributed by atoms with Gasteiger partial charge < -0.3 is 10.1 Å². The van der Waals surface area contributed by atoms with E-state index in [1.54, 1.807) is 0 Å². The molecule has 0 amide bonds. The molecule has 2 heteroatoms. The van der Waals surface area contributed by atoms with Crippen LogP contribution in [-0.4, -0.2) is 25.3 Å². The monoisotopic (exact) mass is 157 g/mol. The molecule has 0 aliphatic rings. The van der Waals surface area contributed by atoms with E-state index in [0.29, 0.717) is 12.1 Å². The van der Waals surface area contributed by atoms with Crippen molar-refractivity contribution in [1.82, 2.24) is 5.32 Å². The lowest BCUT2D eigenvalue weighted by Crippen LogP contribution is -2.32. The third-order valence-electron chi connectivity index (χ3n) is 1.53. The molecule has 0 aromatic rings. The fourth-order valence-corrected chi connectivity index (χ4v) is 0.779. The molecule has 0 aromatic heterocycles. The normalized spacial score (nSPS) is 15.9. The van der Waals surface area contributed by atoms with E-state index < -0.39 is 0 Å². The molecule has 0 rings (SSSR count). The van der Waals surface area contributed by atoms with Crippen molar-refractivity contribution >= 4 is 0 Å². The van der Waals surface area contributed by atoms with Crippen LogP contribution in [0.15, 0.2) is 12.7 Å². The summed E-state index contributed by atoms with van der Waals surface area (Å²) in [5, 5.41) is 3.27. The molecule has 66 valence electrons. The lowest BCUT2D eigenvalue weighted by Gasteiger charge is -2.14. The maximum absolute atomic E-state index is 5.34. The van der Waals surface area contributed by atoms with Crippen LogP contribution >= 0.6 is 0 Å². The zero-order chi connectivity index (χ0) is 8.69. The van der Waals surface area contributed by atoms with E-state index in [1.807, 2.05) is 13.0 Å². The topological polar surface area (TPSA) is 21.3 Å². The highest BCUT2D eigenvalue weighted by Gasteiger charge is 2.00. The quantitative estimate of drug-likeness (QED) is 0.591. The molecule has 0 heterocycles. The van der Waals surface area contributed by atoms with Gasteiger partial charge in [0.1, 0.15) is 0 Å². The molecule has 0 saturated carbocycles. The van der Waals surface area contributed by atoms with Gasteiger partial charge in [-0.1, -0.05) is 6.08 Å². The van der Waals surface area contributed by atoms with Crippen molar-refractivity contribution in [2.45, 2.75) is 32.9 Å². The fourth-order valence-electron chi connectivity index (χ4n) is 0.779. The third kappa shape index (κ3) is 6.07. The van der Waals surface area contributed by atoms with Crippen LogP contribution in [0.4, 0.5) is 0 Å². The molecule has 0 radical (unpaired) electrons. The second-order valence-corrected chi connectivity index (χ2v) is 2.70. The molecule has 0 fully saturated rings. The van der Waals surface area contributed by atoms with Crippen LogP contribution in [0.25, 0.3) is 0 Å². The van der Waals surface area contributed by atoms with Gasteiger partial charge in [0, 0.05) is 19.2 Å². The Morgan fingerprint density at radius 1 is 1.55 bits per heavy atom. The number of hydrogen-bond acceptors (Lipinski definition) is 2. The van der Waals surface area contributed by atoms with E-state index >= 15 is 0 Å². The second kappa shape index (κ2) is 6.38. The SMILES string of the molecule is C=CC(C)NCC(C)OCC. The van der Waals surface area contributed by atoms with Crippen molar-refractivity contribution < 1.29 is 4.74 Å². The molecule has 0 aliphatic heterocycles. The minimum absolute atomic E-state index is 0.294. The Hall–Kier alpha value is -0.340. The molecule has 2 unspecified atom stereocenters. The number of hydrogen-bond donors (Lipinski definition) is 1. The predicted molar refractivity (Wildman–Crippen MR) is 48.7 cm³/mol. The van der Waals surface area contributed by atoms with E-state index in [-0.39, 0.29) is 0 Å². The van der Waals surface area contributed by atoms with Gasteiger partial charge in [-0.25, -0.2) is 0 Å². The number of rotatable bonds is 6.